The van der Waals surface area contributed by atoms with Crippen LogP contribution < -0.4 is 19.5 Å². The Morgan fingerprint density at radius 1 is 0.900 bits per heavy atom. The van der Waals surface area contributed by atoms with Crippen molar-refractivity contribution < 1.29 is 27.1 Å². The maximum absolute atomic E-state index is 13.1. The lowest BCUT2D eigenvalue weighted by molar-refractivity contribution is 0.102. The second kappa shape index (κ2) is 8.83. The molecule has 0 fully saturated rings. The standard InChI is InChI=1S/C21H19FN2O5S/c1-28-19-6-4-3-5-17(19)21(25)23-18-13-15(9-12-20(18)29-2)24-30(26,27)16-10-7-14(22)8-11-16/h3-13,24H,1-2H3,(H,23,25). The quantitative estimate of drug-likeness (QED) is 0.593. The van der Waals surface area contributed by atoms with E-state index in [0.717, 1.165) is 24.3 Å². The molecule has 0 aromatic heterocycles. The molecule has 156 valence electrons. The van der Waals surface area contributed by atoms with Gasteiger partial charge >= 0.3 is 0 Å². The molecule has 30 heavy (non-hydrogen) atoms. The molecule has 0 saturated heterocycles. The molecular formula is C21H19FN2O5S. The molecule has 0 bridgehead atoms. The highest BCUT2D eigenvalue weighted by atomic mass is 32.2. The normalized spacial score (nSPS) is 10.9. The van der Waals surface area contributed by atoms with Crippen molar-refractivity contribution in [2.75, 3.05) is 24.3 Å². The number of para-hydroxylation sites is 1. The number of amides is 1. The molecular weight excluding hydrogens is 411 g/mol. The number of hydrogen-bond acceptors (Lipinski definition) is 5. The summed E-state index contributed by atoms with van der Waals surface area (Å²) in [6.07, 6.45) is 0. The molecule has 3 aromatic carbocycles. The smallest absolute Gasteiger partial charge is 0.261 e. The summed E-state index contributed by atoms with van der Waals surface area (Å²) in [6.45, 7) is 0. The molecule has 0 saturated carbocycles. The van der Waals surface area contributed by atoms with E-state index in [-0.39, 0.29) is 16.3 Å². The number of methoxy groups -OCH3 is 2. The zero-order chi connectivity index (χ0) is 21.7. The Kier molecular flexibility index (Phi) is 6.22. The summed E-state index contributed by atoms with van der Waals surface area (Å²) in [4.78, 5) is 12.6. The highest BCUT2D eigenvalue weighted by Gasteiger charge is 2.17. The molecule has 3 aromatic rings. The van der Waals surface area contributed by atoms with Crippen LogP contribution in [-0.4, -0.2) is 28.5 Å². The first-order valence-corrected chi connectivity index (χ1v) is 10.2. The van der Waals surface area contributed by atoms with Crippen molar-refractivity contribution in [1.82, 2.24) is 0 Å². The number of anilines is 2. The van der Waals surface area contributed by atoms with Gasteiger partial charge in [0.15, 0.2) is 0 Å². The molecule has 0 radical (unpaired) electrons. The average molecular weight is 430 g/mol. The minimum absolute atomic E-state index is 0.0978. The van der Waals surface area contributed by atoms with Crippen molar-refractivity contribution in [3.63, 3.8) is 0 Å². The third-order valence-corrected chi connectivity index (χ3v) is 5.57. The van der Waals surface area contributed by atoms with Gasteiger partial charge in [-0.1, -0.05) is 12.1 Å². The monoisotopic (exact) mass is 430 g/mol. The van der Waals surface area contributed by atoms with Crippen LogP contribution in [0.2, 0.25) is 0 Å². The lowest BCUT2D eigenvalue weighted by atomic mass is 10.1. The fourth-order valence-electron chi connectivity index (χ4n) is 2.72. The van der Waals surface area contributed by atoms with Gasteiger partial charge in [-0.2, -0.15) is 0 Å². The Balaban J connectivity index is 1.88. The number of carbonyl (C=O) groups is 1. The highest BCUT2D eigenvalue weighted by molar-refractivity contribution is 7.92. The molecule has 0 atom stereocenters. The van der Waals surface area contributed by atoms with E-state index in [1.54, 1.807) is 24.3 Å². The maximum atomic E-state index is 13.1. The van der Waals surface area contributed by atoms with Crippen LogP contribution in [0.25, 0.3) is 0 Å². The zero-order valence-corrected chi connectivity index (χ0v) is 17.0. The SMILES string of the molecule is COc1ccc(NS(=O)(=O)c2ccc(F)cc2)cc1NC(=O)c1ccccc1OC. The van der Waals surface area contributed by atoms with Crippen LogP contribution in [0.1, 0.15) is 10.4 Å². The van der Waals surface area contributed by atoms with E-state index in [9.17, 15) is 17.6 Å². The number of nitrogens with one attached hydrogen (secondary N) is 2. The van der Waals surface area contributed by atoms with Gasteiger partial charge in [-0.05, 0) is 54.6 Å². The number of rotatable bonds is 7. The molecule has 0 spiro atoms. The molecule has 3 rings (SSSR count). The van der Waals surface area contributed by atoms with Crippen LogP contribution in [0.5, 0.6) is 11.5 Å². The largest absolute Gasteiger partial charge is 0.496 e. The third-order valence-electron chi connectivity index (χ3n) is 4.18. The van der Waals surface area contributed by atoms with E-state index >= 15 is 0 Å². The maximum Gasteiger partial charge on any atom is 0.261 e. The minimum Gasteiger partial charge on any atom is -0.496 e. The van der Waals surface area contributed by atoms with Crippen molar-refractivity contribution >= 4 is 27.3 Å². The predicted octanol–water partition coefficient (Wildman–Crippen LogP) is 3.90. The lowest BCUT2D eigenvalue weighted by Gasteiger charge is -2.14. The summed E-state index contributed by atoms with van der Waals surface area (Å²) < 4.78 is 51.0. The number of halogens is 1. The van der Waals surface area contributed by atoms with Crippen molar-refractivity contribution in [3.8, 4) is 11.5 Å². The van der Waals surface area contributed by atoms with Crippen molar-refractivity contribution in [1.29, 1.82) is 0 Å². The Morgan fingerprint density at radius 3 is 2.23 bits per heavy atom. The summed E-state index contributed by atoms with van der Waals surface area (Å²) in [7, 11) is -1.06. The molecule has 0 aliphatic rings. The van der Waals surface area contributed by atoms with Crippen LogP contribution in [0.15, 0.2) is 71.6 Å². The molecule has 0 aliphatic carbocycles. The molecule has 0 heterocycles. The Hall–Kier alpha value is -3.59. The Labute approximate surface area is 173 Å². The number of sulfonamides is 1. The van der Waals surface area contributed by atoms with Crippen LogP contribution in [-0.2, 0) is 10.0 Å². The topological polar surface area (TPSA) is 93.7 Å². The first-order valence-electron chi connectivity index (χ1n) is 8.75. The molecule has 9 heteroatoms. The predicted molar refractivity (Wildman–Crippen MR) is 111 cm³/mol. The van der Waals surface area contributed by atoms with Gasteiger partial charge in [0.05, 0.1) is 36.1 Å². The number of benzene rings is 3. The Morgan fingerprint density at radius 2 is 1.57 bits per heavy atom. The second-order valence-corrected chi connectivity index (χ2v) is 7.81. The number of carbonyl (C=O) groups excluding carboxylic acids is 1. The van der Waals surface area contributed by atoms with Gasteiger partial charge in [-0.15, -0.1) is 0 Å². The van der Waals surface area contributed by atoms with E-state index in [4.69, 9.17) is 9.47 Å². The van der Waals surface area contributed by atoms with E-state index in [0.29, 0.717) is 17.1 Å². The van der Waals surface area contributed by atoms with Crippen LogP contribution in [0, 0.1) is 5.82 Å². The second-order valence-electron chi connectivity index (χ2n) is 6.13. The van der Waals surface area contributed by atoms with Gasteiger partial charge in [-0.25, -0.2) is 12.8 Å². The highest BCUT2D eigenvalue weighted by Crippen LogP contribution is 2.30. The van der Waals surface area contributed by atoms with Crippen LogP contribution in [0.4, 0.5) is 15.8 Å². The van der Waals surface area contributed by atoms with Gasteiger partial charge in [0.2, 0.25) is 0 Å². The van der Waals surface area contributed by atoms with E-state index in [1.807, 2.05) is 0 Å². The van der Waals surface area contributed by atoms with Crippen LogP contribution in [0.3, 0.4) is 0 Å². The molecule has 2 N–H and O–H groups in total. The van der Waals surface area contributed by atoms with Gasteiger partial charge in [0, 0.05) is 0 Å². The third kappa shape index (κ3) is 4.69. The first kappa shape index (κ1) is 21.1. The van der Waals surface area contributed by atoms with E-state index in [2.05, 4.69) is 10.0 Å². The summed E-state index contributed by atoms with van der Waals surface area (Å²) in [6, 6.07) is 15.5. The van der Waals surface area contributed by atoms with Gasteiger partial charge in [-0.3, -0.25) is 9.52 Å². The summed E-state index contributed by atoms with van der Waals surface area (Å²) in [5.41, 5.74) is 0.752. The first-order chi connectivity index (χ1) is 14.3. The molecule has 0 aliphatic heterocycles. The molecule has 7 nitrogen and oxygen atoms in total. The molecule has 0 unspecified atom stereocenters. The number of ether oxygens (including phenoxy) is 2. The van der Waals surface area contributed by atoms with Crippen molar-refractivity contribution in [3.05, 3.63) is 78.1 Å². The van der Waals surface area contributed by atoms with Crippen molar-refractivity contribution in [2.45, 2.75) is 4.90 Å². The summed E-state index contributed by atoms with van der Waals surface area (Å²) in [5.74, 6) is -0.269. The molecule has 1 amide bonds. The minimum atomic E-state index is -3.95. The fourth-order valence-corrected chi connectivity index (χ4v) is 3.77. The van der Waals surface area contributed by atoms with Gasteiger partial charge in [0.25, 0.3) is 15.9 Å². The van der Waals surface area contributed by atoms with Gasteiger partial charge < -0.3 is 14.8 Å². The van der Waals surface area contributed by atoms with E-state index in [1.165, 1.54) is 32.4 Å². The number of hydrogen-bond donors (Lipinski definition) is 2. The van der Waals surface area contributed by atoms with Gasteiger partial charge in [0.1, 0.15) is 17.3 Å². The van der Waals surface area contributed by atoms with Crippen molar-refractivity contribution in [2.24, 2.45) is 0 Å². The zero-order valence-electron chi connectivity index (χ0n) is 16.2. The lowest BCUT2D eigenvalue weighted by Crippen LogP contribution is -2.15. The van der Waals surface area contributed by atoms with Crippen LogP contribution >= 0.6 is 0 Å². The summed E-state index contributed by atoms with van der Waals surface area (Å²) in [5, 5.41) is 2.70. The summed E-state index contributed by atoms with van der Waals surface area (Å²) >= 11 is 0. The fraction of sp³-hybridized carbons (Fsp3) is 0.0952. The average Bonchev–Trinajstić information content (AvgIpc) is 2.74. The Bertz CT molecular complexity index is 1160. The van der Waals surface area contributed by atoms with E-state index < -0.39 is 21.7 Å².